The van der Waals surface area contributed by atoms with Crippen molar-refractivity contribution in [3.8, 4) is 5.75 Å². The van der Waals surface area contributed by atoms with Crippen LogP contribution in [0.2, 0.25) is 0 Å². The number of carbonyl (C=O) groups excluding carboxylic acids is 1. The normalized spacial score (nSPS) is 13.8. The highest BCUT2D eigenvalue weighted by Crippen LogP contribution is 2.27. The number of sulfonamides is 1. The van der Waals surface area contributed by atoms with Gasteiger partial charge in [0.15, 0.2) is 5.84 Å². The summed E-state index contributed by atoms with van der Waals surface area (Å²) >= 11 is 0. The van der Waals surface area contributed by atoms with Gasteiger partial charge in [0.25, 0.3) is 15.9 Å². The van der Waals surface area contributed by atoms with Crippen molar-refractivity contribution in [1.29, 1.82) is 0 Å². The standard InChI is InChI=1S/C24H24N4O4S/c1-15-13-25-20(16(2)22(15)32-4)14-28(3)24(29)17-9-11-18(12-10-17)26-23-19-7-5-6-8-21(19)33(30,31)27-23/h5-13H,14H2,1-4H3,(H,26,27). The minimum Gasteiger partial charge on any atom is -0.496 e. The van der Waals surface area contributed by atoms with Gasteiger partial charge < -0.3 is 15.0 Å². The smallest absolute Gasteiger partial charge is 0.285 e. The summed E-state index contributed by atoms with van der Waals surface area (Å²) in [6, 6.07) is 13.5. The third kappa shape index (κ3) is 4.31. The summed E-state index contributed by atoms with van der Waals surface area (Å²) in [7, 11) is -0.360. The van der Waals surface area contributed by atoms with Gasteiger partial charge in [-0.1, -0.05) is 12.1 Å². The van der Waals surface area contributed by atoms with E-state index in [1.54, 1.807) is 67.7 Å². The number of amides is 1. The Balaban J connectivity index is 1.48. The Labute approximate surface area is 193 Å². The first-order valence-electron chi connectivity index (χ1n) is 10.3. The van der Waals surface area contributed by atoms with Gasteiger partial charge >= 0.3 is 0 Å². The van der Waals surface area contributed by atoms with E-state index in [9.17, 15) is 13.2 Å². The van der Waals surface area contributed by atoms with Crippen LogP contribution in [0.15, 0.2) is 64.0 Å². The summed E-state index contributed by atoms with van der Waals surface area (Å²) < 4.78 is 33.7. The molecule has 2 aromatic carbocycles. The summed E-state index contributed by atoms with van der Waals surface area (Å²) in [5, 5.41) is 3.04. The summed E-state index contributed by atoms with van der Waals surface area (Å²) in [6.45, 7) is 4.20. The van der Waals surface area contributed by atoms with Crippen LogP contribution in [-0.2, 0) is 16.6 Å². The van der Waals surface area contributed by atoms with Gasteiger partial charge in [0.05, 0.1) is 19.3 Å². The zero-order valence-corrected chi connectivity index (χ0v) is 19.6. The molecule has 1 aromatic heterocycles. The Morgan fingerprint density at radius 2 is 1.79 bits per heavy atom. The van der Waals surface area contributed by atoms with Crippen LogP contribution in [0.1, 0.15) is 32.7 Å². The zero-order chi connectivity index (χ0) is 23.8. The van der Waals surface area contributed by atoms with Crippen LogP contribution in [0, 0.1) is 13.8 Å². The van der Waals surface area contributed by atoms with Gasteiger partial charge in [0.1, 0.15) is 10.6 Å². The molecule has 0 bridgehead atoms. The highest BCUT2D eigenvalue weighted by atomic mass is 32.2. The van der Waals surface area contributed by atoms with E-state index in [1.165, 1.54) is 6.07 Å². The lowest BCUT2D eigenvalue weighted by Gasteiger charge is -2.19. The Morgan fingerprint density at radius 1 is 1.09 bits per heavy atom. The van der Waals surface area contributed by atoms with Crippen LogP contribution in [0.25, 0.3) is 0 Å². The van der Waals surface area contributed by atoms with Crippen molar-refractivity contribution in [3.05, 3.63) is 82.7 Å². The molecule has 1 amide bonds. The minimum absolute atomic E-state index is 0.159. The van der Waals surface area contributed by atoms with Gasteiger partial charge in [0, 0.05) is 41.2 Å². The number of pyridine rings is 1. The predicted molar refractivity (Wildman–Crippen MR) is 126 cm³/mol. The Kier molecular flexibility index (Phi) is 5.90. The number of hydrogen-bond acceptors (Lipinski definition) is 6. The maximum Gasteiger partial charge on any atom is 0.285 e. The van der Waals surface area contributed by atoms with E-state index in [2.05, 4.69) is 14.7 Å². The lowest BCUT2D eigenvalue weighted by Crippen LogP contribution is -2.27. The summed E-state index contributed by atoms with van der Waals surface area (Å²) in [6.07, 6.45) is 1.74. The van der Waals surface area contributed by atoms with Gasteiger partial charge in [-0.05, 0) is 50.2 Å². The summed E-state index contributed by atoms with van der Waals surface area (Å²) in [4.78, 5) is 19.2. The molecule has 0 spiro atoms. The lowest BCUT2D eigenvalue weighted by molar-refractivity contribution is 0.0783. The van der Waals surface area contributed by atoms with Crippen LogP contribution >= 0.6 is 0 Å². The number of amidine groups is 1. The lowest BCUT2D eigenvalue weighted by atomic mass is 10.1. The summed E-state index contributed by atoms with van der Waals surface area (Å²) in [5.41, 5.74) is 4.27. The maximum absolute atomic E-state index is 12.9. The fourth-order valence-corrected chi connectivity index (χ4v) is 4.95. The first-order chi connectivity index (χ1) is 15.7. The number of aromatic nitrogens is 1. The van der Waals surface area contributed by atoms with Crippen LogP contribution in [0.3, 0.4) is 0 Å². The number of methoxy groups -OCH3 is 1. The van der Waals surface area contributed by atoms with E-state index in [4.69, 9.17) is 4.74 Å². The molecule has 2 heterocycles. The molecule has 4 rings (SSSR count). The van der Waals surface area contributed by atoms with E-state index < -0.39 is 10.0 Å². The molecule has 1 aliphatic rings. The second kappa shape index (κ2) is 8.67. The van der Waals surface area contributed by atoms with Crippen LogP contribution in [-0.4, -0.2) is 44.2 Å². The first kappa shape index (κ1) is 22.5. The molecule has 1 N–H and O–H groups in total. The topological polar surface area (TPSA) is 101 Å². The first-order valence-corrected chi connectivity index (χ1v) is 11.7. The molecule has 0 saturated heterocycles. The van der Waals surface area contributed by atoms with E-state index in [1.807, 2.05) is 13.8 Å². The fraction of sp³-hybridized carbons (Fsp3) is 0.208. The molecule has 0 fully saturated rings. The minimum atomic E-state index is -3.70. The third-order valence-corrected chi connectivity index (χ3v) is 6.84. The molecule has 1 aliphatic heterocycles. The van der Waals surface area contributed by atoms with Crippen LogP contribution in [0.5, 0.6) is 5.75 Å². The molecular weight excluding hydrogens is 440 g/mol. The molecule has 0 aliphatic carbocycles. The third-order valence-electron chi connectivity index (χ3n) is 5.51. The largest absolute Gasteiger partial charge is 0.496 e. The van der Waals surface area contributed by atoms with Gasteiger partial charge in [0.2, 0.25) is 0 Å². The van der Waals surface area contributed by atoms with Crippen molar-refractivity contribution in [3.63, 3.8) is 0 Å². The van der Waals surface area contributed by atoms with Crippen molar-refractivity contribution < 1.29 is 17.9 Å². The number of carbonyl (C=O) groups is 1. The second-order valence-electron chi connectivity index (χ2n) is 7.82. The highest BCUT2D eigenvalue weighted by Gasteiger charge is 2.28. The van der Waals surface area contributed by atoms with Crippen LogP contribution in [0.4, 0.5) is 5.69 Å². The van der Waals surface area contributed by atoms with Crippen molar-refractivity contribution in [2.24, 2.45) is 4.40 Å². The van der Waals surface area contributed by atoms with E-state index >= 15 is 0 Å². The van der Waals surface area contributed by atoms with Gasteiger partial charge in [-0.15, -0.1) is 4.40 Å². The number of anilines is 1. The number of benzene rings is 2. The van der Waals surface area contributed by atoms with E-state index in [0.29, 0.717) is 23.4 Å². The number of hydrogen-bond donors (Lipinski definition) is 1. The van der Waals surface area contributed by atoms with Crippen molar-refractivity contribution in [2.45, 2.75) is 25.3 Å². The number of fused-ring (bicyclic) bond motifs is 1. The van der Waals surface area contributed by atoms with E-state index in [0.717, 1.165) is 22.6 Å². The van der Waals surface area contributed by atoms with Crippen molar-refractivity contribution in [2.75, 3.05) is 19.5 Å². The van der Waals surface area contributed by atoms with Gasteiger partial charge in [-0.25, -0.2) is 0 Å². The predicted octanol–water partition coefficient (Wildman–Crippen LogP) is 3.54. The Hall–Kier alpha value is -3.72. The molecule has 0 atom stereocenters. The van der Waals surface area contributed by atoms with Gasteiger partial charge in [-0.3, -0.25) is 9.78 Å². The molecule has 33 heavy (non-hydrogen) atoms. The monoisotopic (exact) mass is 464 g/mol. The molecule has 0 unspecified atom stereocenters. The second-order valence-corrected chi connectivity index (χ2v) is 9.39. The molecule has 0 radical (unpaired) electrons. The number of nitrogens with zero attached hydrogens (tertiary/aromatic N) is 3. The van der Waals surface area contributed by atoms with Crippen molar-refractivity contribution >= 4 is 27.5 Å². The zero-order valence-electron chi connectivity index (χ0n) is 18.8. The quantitative estimate of drug-likeness (QED) is 0.620. The number of aryl methyl sites for hydroxylation is 1. The Bertz CT molecular complexity index is 1370. The fourth-order valence-electron chi connectivity index (χ4n) is 3.78. The average Bonchev–Trinajstić information content (AvgIpc) is 3.06. The molecule has 0 saturated carbocycles. The molecule has 3 aromatic rings. The number of nitrogens with one attached hydrogen (secondary N) is 1. The molecule has 170 valence electrons. The number of rotatable bonds is 5. The van der Waals surface area contributed by atoms with Crippen molar-refractivity contribution in [1.82, 2.24) is 9.88 Å². The molecule has 8 nitrogen and oxygen atoms in total. The molecule has 9 heteroatoms. The SMILES string of the molecule is COc1c(C)cnc(CN(C)C(=O)c2ccc(NC3=NS(=O)(=O)c4ccccc43)cc2)c1C. The van der Waals surface area contributed by atoms with Gasteiger partial charge in [-0.2, -0.15) is 8.42 Å². The van der Waals surface area contributed by atoms with E-state index in [-0.39, 0.29) is 16.6 Å². The molecular formula is C24H24N4O4S. The Morgan fingerprint density at radius 3 is 2.48 bits per heavy atom. The summed E-state index contributed by atoms with van der Waals surface area (Å²) in [5.74, 6) is 0.875. The number of ether oxygens (including phenoxy) is 1. The average molecular weight is 465 g/mol. The van der Waals surface area contributed by atoms with Crippen LogP contribution < -0.4 is 10.1 Å². The highest BCUT2D eigenvalue weighted by molar-refractivity contribution is 7.90. The maximum atomic E-state index is 12.9.